The number of carbonyl (C=O) groups is 3. The fourth-order valence-electron chi connectivity index (χ4n) is 4.10. The molecule has 0 radical (unpaired) electrons. The van der Waals surface area contributed by atoms with E-state index in [4.69, 9.17) is 4.74 Å². The normalized spacial score (nSPS) is 15.7. The number of phenolic OH excluding ortho intramolecular Hbond substituents is 1. The van der Waals surface area contributed by atoms with Gasteiger partial charge in [0.1, 0.15) is 23.4 Å². The summed E-state index contributed by atoms with van der Waals surface area (Å²) in [5, 5.41) is 16.6. The third-order valence-corrected chi connectivity index (χ3v) is 6.25. The Morgan fingerprint density at radius 2 is 1.86 bits per heavy atom. The number of benzene rings is 1. The molecule has 2 atom stereocenters. The second kappa shape index (κ2) is 12.3. The Morgan fingerprint density at radius 1 is 1.20 bits per heavy atom. The maximum absolute atomic E-state index is 14.1. The SMILES string of the molecule is CCCCNC(=O)C(c1cccc(C)c1O)N(C(=O)C(NC(=O)OC(C)(C)C)C(C)C)C1CCC1. The maximum Gasteiger partial charge on any atom is 0.408 e. The van der Waals surface area contributed by atoms with Crippen LogP contribution in [0.15, 0.2) is 18.2 Å². The van der Waals surface area contributed by atoms with E-state index < -0.39 is 23.8 Å². The molecule has 1 aliphatic carbocycles. The summed E-state index contributed by atoms with van der Waals surface area (Å²) < 4.78 is 5.40. The Balaban J connectivity index is 2.49. The van der Waals surface area contributed by atoms with Crippen LogP contribution in [0.25, 0.3) is 0 Å². The molecule has 3 amide bonds. The monoisotopic (exact) mass is 489 g/mol. The number of hydrogen-bond acceptors (Lipinski definition) is 5. The molecule has 1 aromatic rings. The van der Waals surface area contributed by atoms with Gasteiger partial charge in [0, 0.05) is 18.2 Å². The van der Waals surface area contributed by atoms with Crippen LogP contribution in [0.2, 0.25) is 0 Å². The average molecular weight is 490 g/mol. The molecule has 0 bridgehead atoms. The molecule has 1 aromatic carbocycles. The molecule has 8 heteroatoms. The first kappa shape index (κ1) is 28.5. The molecule has 0 saturated heterocycles. The Bertz CT molecular complexity index is 889. The van der Waals surface area contributed by atoms with E-state index in [0.29, 0.717) is 17.7 Å². The minimum absolute atomic E-state index is 0.00136. The summed E-state index contributed by atoms with van der Waals surface area (Å²) in [6.45, 7) is 13.3. The number of para-hydroxylation sites is 1. The first-order valence-corrected chi connectivity index (χ1v) is 12.7. The highest BCUT2D eigenvalue weighted by atomic mass is 16.6. The van der Waals surface area contributed by atoms with E-state index >= 15 is 0 Å². The highest BCUT2D eigenvalue weighted by molar-refractivity contribution is 5.93. The quantitative estimate of drug-likeness (QED) is 0.417. The third-order valence-electron chi connectivity index (χ3n) is 6.25. The van der Waals surface area contributed by atoms with Crippen LogP contribution in [0.1, 0.15) is 90.8 Å². The summed E-state index contributed by atoms with van der Waals surface area (Å²) in [5.41, 5.74) is 0.304. The van der Waals surface area contributed by atoms with Crippen molar-refractivity contribution in [1.29, 1.82) is 0 Å². The fourth-order valence-corrected chi connectivity index (χ4v) is 4.10. The van der Waals surface area contributed by atoms with E-state index in [2.05, 4.69) is 10.6 Å². The van der Waals surface area contributed by atoms with Crippen molar-refractivity contribution in [2.24, 2.45) is 5.92 Å². The lowest BCUT2D eigenvalue weighted by molar-refractivity contribution is -0.148. The van der Waals surface area contributed by atoms with Crippen LogP contribution in [0, 0.1) is 12.8 Å². The molecule has 3 N–H and O–H groups in total. The minimum atomic E-state index is -1.01. The number of rotatable bonds is 10. The highest BCUT2D eigenvalue weighted by Crippen LogP contribution is 2.38. The smallest absolute Gasteiger partial charge is 0.408 e. The summed E-state index contributed by atoms with van der Waals surface area (Å²) in [6, 6.07) is 3.18. The number of phenols is 1. The van der Waals surface area contributed by atoms with Crippen molar-refractivity contribution in [3.8, 4) is 5.75 Å². The fraction of sp³-hybridized carbons (Fsp3) is 0.667. The van der Waals surface area contributed by atoms with Crippen molar-refractivity contribution in [2.45, 2.75) is 104 Å². The van der Waals surface area contributed by atoms with Gasteiger partial charge < -0.3 is 25.4 Å². The number of ether oxygens (including phenoxy) is 1. The summed E-state index contributed by atoms with van der Waals surface area (Å²) in [5.74, 6) is -0.930. The molecule has 196 valence electrons. The number of unbranched alkanes of at least 4 members (excludes halogenated alkanes) is 1. The van der Waals surface area contributed by atoms with Gasteiger partial charge in [-0.1, -0.05) is 45.4 Å². The first-order valence-electron chi connectivity index (χ1n) is 12.7. The van der Waals surface area contributed by atoms with Crippen LogP contribution >= 0.6 is 0 Å². The number of nitrogens with zero attached hydrogens (tertiary/aromatic N) is 1. The maximum atomic E-state index is 14.1. The topological polar surface area (TPSA) is 108 Å². The van der Waals surface area contributed by atoms with Gasteiger partial charge in [-0.15, -0.1) is 0 Å². The van der Waals surface area contributed by atoms with Gasteiger partial charge in [0.15, 0.2) is 0 Å². The second-order valence-corrected chi connectivity index (χ2v) is 10.8. The van der Waals surface area contributed by atoms with Crippen molar-refractivity contribution in [2.75, 3.05) is 6.54 Å². The molecule has 0 heterocycles. The molecule has 1 aliphatic rings. The summed E-state index contributed by atoms with van der Waals surface area (Å²) >= 11 is 0. The van der Waals surface area contributed by atoms with Gasteiger partial charge in [-0.05, 0) is 64.9 Å². The van der Waals surface area contributed by atoms with Gasteiger partial charge in [-0.25, -0.2) is 4.79 Å². The Kier molecular flexibility index (Phi) is 9.98. The van der Waals surface area contributed by atoms with Gasteiger partial charge >= 0.3 is 6.09 Å². The van der Waals surface area contributed by atoms with Crippen molar-refractivity contribution < 1.29 is 24.2 Å². The van der Waals surface area contributed by atoms with E-state index in [0.717, 1.165) is 32.1 Å². The minimum Gasteiger partial charge on any atom is -0.507 e. The summed E-state index contributed by atoms with van der Waals surface area (Å²) in [7, 11) is 0. The number of alkyl carbamates (subject to hydrolysis) is 1. The van der Waals surface area contributed by atoms with Crippen LogP contribution in [-0.2, 0) is 14.3 Å². The second-order valence-electron chi connectivity index (χ2n) is 10.8. The number of hydrogen-bond donors (Lipinski definition) is 3. The van der Waals surface area contributed by atoms with Crippen molar-refractivity contribution in [1.82, 2.24) is 15.5 Å². The zero-order valence-corrected chi connectivity index (χ0v) is 22.3. The molecule has 1 saturated carbocycles. The molecule has 1 fully saturated rings. The van der Waals surface area contributed by atoms with Crippen LogP contribution in [0.3, 0.4) is 0 Å². The van der Waals surface area contributed by atoms with Crippen molar-refractivity contribution >= 4 is 17.9 Å². The zero-order valence-electron chi connectivity index (χ0n) is 22.3. The van der Waals surface area contributed by atoms with Gasteiger partial charge in [-0.2, -0.15) is 0 Å². The molecular weight excluding hydrogens is 446 g/mol. The van der Waals surface area contributed by atoms with Crippen LogP contribution in [0.5, 0.6) is 5.75 Å². The van der Waals surface area contributed by atoms with Crippen LogP contribution in [0.4, 0.5) is 4.79 Å². The summed E-state index contributed by atoms with van der Waals surface area (Å²) in [4.78, 5) is 41.8. The van der Waals surface area contributed by atoms with E-state index in [9.17, 15) is 19.5 Å². The number of nitrogens with one attached hydrogen (secondary N) is 2. The predicted octanol–water partition coefficient (Wildman–Crippen LogP) is 4.59. The number of amides is 3. The molecular formula is C27H43N3O5. The van der Waals surface area contributed by atoms with E-state index in [1.54, 1.807) is 50.8 Å². The third kappa shape index (κ3) is 7.61. The standard InChI is InChI=1S/C27H43N3O5/c1-8-9-16-28-24(32)22(20-15-10-12-18(4)23(20)31)30(19-13-11-14-19)25(33)21(17(2)3)29-26(34)35-27(5,6)7/h10,12,15,17,19,21-22,31H,8-9,11,13-14,16H2,1-7H3,(H,28,32)(H,29,34). The lowest BCUT2D eigenvalue weighted by Crippen LogP contribution is -2.58. The highest BCUT2D eigenvalue weighted by Gasteiger charge is 2.43. The van der Waals surface area contributed by atoms with Crippen molar-refractivity contribution in [3.63, 3.8) is 0 Å². The Labute approximate surface area is 209 Å². The van der Waals surface area contributed by atoms with Crippen LogP contribution < -0.4 is 10.6 Å². The van der Waals surface area contributed by atoms with Crippen molar-refractivity contribution in [3.05, 3.63) is 29.3 Å². The molecule has 0 aliphatic heterocycles. The average Bonchev–Trinajstić information content (AvgIpc) is 2.71. The van der Waals surface area contributed by atoms with E-state index in [1.807, 2.05) is 20.8 Å². The molecule has 0 spiro atoms. The number of aryl methyl sites for hydroxylation is 1. The molecule has 0 aromatic heterocycles. The molecule has 8 nitrogen and oxygen atoms in total. The Hall–Kier alpha value is -2.77. The molecule has 35 heavy (non-hydrogen) atoms. The van der Waals surface area contributed by atoms with E-state index in [1.165, 1.54) is 0 Å². The van der Waals surface area contributed by atoms with Gasteiger partial charge in [0.2, 0.25) is 11.8 Å². The van der Waals surface area contributed by atoms with Crippen LogP contribution in [-0.4, -0.2) is 52.1 Å². The van der Waals surface area contributed by atoms with Gasteiger partial charge in [-0.3, -0.25) is 9.59 Å². The number of carbonyl (C=O) groups excluding carboxylic acids is 3. The zero-order chi connectivity index (χ0) is 26.3. The largest absolute Gasteiger partial charge is 0.507 e. The van der Waals surface area contributed by atoms with Gasteiger partial charge in [0.25, 0.3) is 0 Å². The van der Waals surface area contributed by atoms with Gasteiger partial charge in [0.05, 0.1) is 0 Å². The molecule has 2 rings (SSSR count). The first-order chi connectivity index (χ1) is 16.4. The Morgan fingerprint density at radius 3 is 2.37 bits per heavy atom. The predicted molar refractivity (Wildman–Crippen MR) is 136 cm³/mol. The lowest BCUT2D eigenvalue weighted by atomic mass is 9.87. The summed E-state index contributed by atoms with van der Waals surface area (Å²) in [6.07, 6.45) is 3.51. The molecule has 2 unspecified atom stereocenters. The number of aromatic hydroxyl groups is 1. The van der Waals surface area contributed by atoms with E-state index in [-0.39, 0.29) is 29.5 Å². The lowest BCUT2D eigenvalue weighted by Gasteiger charge is -2.44.